The molecule has 1 aromatic rings. The number of thiol groups is 1. The highest BCUT2D eigenvalue weighted by Crippen LogP contribution is 2.27. The van der Waals surface area contributed by atoms with Crippen molar-refractivity contribution in [1.82, 2.24) is 0 Å². The number of ether oxygens (including phenoxy) is 2. The lowest BCUT2D eigenvalue weighted by atomic mass is 10.1. The van der Waals surface area contributed by atoms with Gasteiger partial charge >= 0.3 is 11.9 Å². The van der Waals surface area contributed by atoms with E-state index in [-0.39, 0.29) is 11.3 Å². The van der Waals surface area contributed by atoms with Crippen LogP contribution in [0, 0.1) is 0 Å². The molecule has 0 aliphatic carbocycles. The summed E-state index contributed by atoms with van der Waals surface area (Å²) in [5.74, 6) is -1.26. The average molecular weight is 317 g/mol. The highest BCUT2D eigenvalue weighted by atomic mass is 32.1. The van der Waals surface area contributed by atoms with E-state index in [2.05, 4.69) is 12.6 Å². The van der Waals surface area contributed by atoms with Gasteiger partial charge in [0.15, 0.2) is 0 Å². The minimum absolute atomic E-state index is 0.0817. The van der Waals surface area contributed by atoms with Gasteiger partial charge < -0.3 is 14.4 Å². The molecule has 1 aliphatic heterocycles. The number of carbonyl (C=O) groups is 2. The normalized spacial score (nSPS) is 13.9. The van der Waals surface area contributed by atoms with Crippen LogP contribution in [0.25, 0.3) is 0 Å². The molecule has 1 aromatic carbocycles. The molecule has 0 amide bonds. The smallest absolute Gasteiger partial charge is 0.355 e. The first kappa shape index (κ1) is 15.9. The molecule has 0 aromatic heterocycles. The second kappa shape index (κ2) is 7.00. The van der Waals surface area contributed by atoms with Crippen LogP contribution in [0.5, 0.6) is 0 Å². The number of methoxy groups -OCH3 is 2. The Bertz CT molecular complexity index is 691. The fourth-order valence-electron chi connectivity index (χ4n) is 2.01. The van der Waals surface area contributed by atoms with Crippen molar-refractivity contribution in [2.45, 2.75) is 4.90 Å². The van der Waals surface area contributed by atoms with Crippen LogP contribution in [0.15, 0.2) is 64.9 Å². The summed E-state index contributed by atoms with van der Waals surface area (Å²) in [6, 6.07) is 7.19. The summed E-state index contributed by atoms with van der Waals surface area (Å²) in [7, 11) is 2.52. The van der Waals surface area contributed by atoms with Gasteiger partial charge in [-0.3, -0.25) is 0 Å². The maximum absolute atomic E-state index is 12.2. The lowest BCUT2D eigenvalue weighted by Gasteiger charge is -2.23. The molecule has 114 valence electrons. The predicted molar refractivity (Wildman–Crippen MR) is 85.5 cm³/mol. The fourth-order valence-corrected chi connectivity index (χ4v) is 2.23. The van der Waals surface area contributed by atoms with Crippen molar-refractivity contribution in [3.05, 3.63) is 60.0 Å². The van der Waals surface area contributed by atoms with Gasteiger partial charge in [0, 0.05) is 16.8 Å². The number of anilines is 1. The summed E-state index contributed by atoms with van der Waals surface area (Å²) >= 11 is 4.30. The third kappa shape index (κ3) is 3.23. The molecule has 0 saturated heterocycles. The zero-order valence-corrected chi connectivity index (χ0v) is 13.0. The lowest BCUT2D eigenvalue weighted by Crippen LogP contribution is -2.26. The molecule has 0 bridgehead atoms. The van der Waals surface area contributed by atoms with Crippen molar-refractivity contribution < 1.29 is 19.1 Å². The Kier molecular flexibility index (Phi) is 5.06. The predicted octanol–water partition coefficient (Wildman–Crippen LogP) is 2.47. The first-order chi connectivity index (χ1) is 10.6. The van der Waals surface area contributed by atoms with Gasteiger partial charge in [0.2, 0.25) is 0 Å². The molecule has 0 atom stereocenters. The molecule has 0 saturated carbocycles. The van der Waals surface area contributed by atoms with Crippen LogP contribution in [0.1, 0.15) is 0 Å². The van der Waals surface area contributed by atoms with Gasteiger partial charge in [-0.25, -0.2) is 9.59 Å². The number of hydrogen-bond acceptors (Lipinski definition) is 6. The molecule has 2 rings (SSSR count). The van der Waals surface area contributed by atoms with Crippen molar-refractivity contribution in [1.29, 1.82) is 0 Å². The average Bonchev–Trinajstić information content (AvgIpc) is 2.76. The highest BCUT2D eigenvalue weighted by Gasteiger charge is 2.27. The van der Waals surface area contributed by atoms with Crippen molar-refractivity contribution in [2.24, 2.45) is 0 Å². The van der Waals surface area contributed by atoms with Gasteiger partial charge in [-0.15, -0.1) is 12.6 Å². The number of esters is 2. The van der Waals surface area contributed by atoms with Crippen LogP contribution in [0.2, 0.25) is 0 Å². The Morgan fingerprint density at radius 1 is 1.09 bits per heavy atom. The maximum Gasteiger partial charge on any atom is 0.355 e. The highest BCUT2D eigenvalue weighted by molar-refractivity contribution is 7.80. The Hall–Kier alpha value is -2.47. The molecule has 0 spiro atoms. The minimum atomic E-state index is -0.638. The van der Waals surface area contributed by atoms with E-state index in [4.69, 9.17) is 9.47 Å². The quantitative estimate of drug-likeness (QED) is 0.685. The monoisotopic (exact) mass is 317 g/mol. The van der Waals surface area contributed by atoms with Crippen LogP contribution in [0.4, 0.5) is 5.69 Å². The number of hydrogen-bond donors (Lipinski definition) is 1. The number of allylic oxidation sites excluding steroid dienone is 2. The van der Waals surface area contributed by atoms with Gasteiger partial charge in [0.05, 0.1) is 19.8 Å². The summed E-state index contributed by atoms with van der Waals surface area (Å²) in [5.41, 5.74) is 0.872. The molecule has 0 radical (unpaired) electrons. The van der Waals surface area contributed by atoms with Crippen molar-refractivity contribution in [3.8, 4) is 0 Å². The Labute approximate surface area is 133 Å². The Morgan fingerprint density at radius 2 is 1.82 bits per heavy atom. The molecule has 6 heteroatoms. The summed E-state index contributed by atoms with van der Waals surface area (Å²) in [5, 5.41) is 0. The Balaban J connectivity index is 2.64. The number of carbonyl (C=O) groups excluding carboxylic acids is 2. The summed E-state index contributed by atoms with van der Waals surface area (Å²) in [6.07, 6.45) is 6.55. The molecule has 0 unspecified atom stereocenters. The maximum atomic E-state index is 12.2. The lowest BCUT2D eigenvalue weighted by molar-refractivity contribution is -0.139. The molecule has 5 nitrogen and oxygen atoms in total. The first-order valence-corrected chi connectivity index (χ1v) is 6.87. The van der Waals surface area contributed by atoms with E-state index in [0.29, 0.717) is 5.69 Å². The number of nitrogens with zero attached hydrogens (tertiary/aromatic N) is 1. The number of benzene rings is 1. The fraction of sp³-hybridized carbons (Fsp3) is 0.125. The molecule has 1 aliphatic rings. The van der Waals surface area contributed by atoms with Gasteiger partial charge in [-0.05, 0) is 30.4 Å². The van der Waals surface area contributed by atoms with Gasteiger partial charge in [-0.1, -0.05) is 12.1 Å². The molecular weight excluding hydrogens is 302 g/mol. The zero-order valence-electron chi connectivity index (χ0n) is 12.1. The first-order valence-electron chi connectivity index (χ1n) is 6.42. The van der Waals surface area contributed by atoms with Crippen LogP contribution in [-0.4, -0.2) is 26.2 Å². The summed E-state index contributed by atoms with van der Waals surface area (Å²) in [4.78, 5) is 26.5. The second-order valence-electron chi connectivity index (χ2n) is 4.34. The van der Waals surface area contributed by atoms with E-state index in [1.54, 1.807) is 41.5 Å². The van der Waals surface area contributed by atoms with Crippen molar-refractivity contribution in [3.63, 3.8) is 0 Å². The topological polar surface area (TPSA) is 55.8 Å². The molecule has 0 fully saturated rings. The minimum Gasteiger partial charge on any atom is -0.465 e. The molecule has 1 heterocycles. The summed E-state index contributed by atoms with van der Waals surface area (Å²) in [6.45, 7) is 0. The van der Waals surface area contributed by atoms with E-state index < -0.39 is 11.9 Å². The third-order valence-electron chi connectivity index (χ3n) is 3.00. The second-order valence-corrected chi connectivity index (χ2v) is 4.85. The SMILES string of the molecule is COC(=O)C1=C(C(=O)OC)N(c2cccc(S)c2)C=CC=C1. The van der Waals surface area contributed by atoms with E-state index in [1.807, 2.05) is 6.07 Å². The van der Waals surface area contributed by atoms with E-state index in [1.165, 1.54) is 20.3 Å². The van der Waals surface area contributed by atoms with E-state index >= 15 is 0 Å². The Morgan fingerprint density at radius 3 is 2.45 bits per heavy atom. The standard InChI is InChI=1S/C16H15NO4S/c1-20-15(18)13-8-3-4-9-17(14(13)16(19)21-2)11-6-5-7-12(22)10-11/h3-10,22H,1-2H3. The van der Waals surface area contributed by atoms with Crippen LogP contribution in [0.3, 0.4) is 0 Å². The van der Waals surface area contributed by atoms with Gasteiger partial charge in [-0.2, -0.15) is 0 Å². The molecular formula is C16H15NO4S. The van der Waals surface area contributed by atoms with Gasteiger partial charge in [0.25, 0.3) is 0 Å². The van der Waals surface area contributed by atoms with Crippen LogP contribution < -0.4 is 4.90 Å². The van der Waals surface area contributed by atoms with Crippen LogP contribution in [-0.2, 0) is 19.1 Å². The van der Waals surface area contributed by atoms with Crippen LogP contribution >= 0.6 is 12.6 Å². The number of rotatable bonds is 3. The van der Waals surface area contributed by atoms with E-state index in [9.17, 15) is 9.59 Å². The van der Waals surface area contributed by atoms with E-state index in [0.717, 1.165) is 4.90 Å². The zero-order chi connectivity index (χ0) is 16.1. The molecule has 22 heavy (non-hydrogen) atoms. The third-order valence-corrected chi connectivity index (χ3v) is 3.28. The van der Waals surface area contributed by atoms with Crippen molar-refractivity contribution >= 4 is 30.3 Å². The van der Waals surface area contributed by atoms with Crippen molar-refractivity contribution in [2.75, 3.05) is 19.1 Å². The largest absolute Gasteiger partial charge is 0.465 e. The van der Waals surface area contributed by atoms with Gasteiger partial charge in [0.1, 0.15) is 5.70 Å². The molecule has 0 N–H and O–H groups in total. The summed E-state index contributed by atoms with van der Waals surface area (Å²) < 4.78 is 9.57.